The Morgan fingerprint density at radius 2 is 2.14 bits per heavy atom. The van der Waals surface area contributed by atoms with E-state index in [-0.39, 0.29) is 5.56 Å². The molecular formula is C15H17N5O2. The molecule has 1 aromatic carbocycles. The van der Waals surface area contributed by atoms with Gasteiger partial charge in [-0.05, 0) is 12.1 Å². The Balaban J connectivity index is 2.21. The third kappa shape index (κ3) is 2.35. The summed E-state index contributed by atoms with van der Waals surface area (Å²) in [6.45, 7) is 0.515. The lowest BCUT2D eigenvalue weighted by atomic mass is 10.1. The number of H-pyrrole nitrogens is 1. The molecule has 0 fully saturated rings. The van der Waals surface area contributed by atoms with Gasteiger partial charge < -0.3 is 15.5 Å². The van der Waals surface area contributed by atoms with Crippen molar-refractivity contribution in [3.05, 3.63) is 40.3 Å². The molecule has 0 aliphatic heterocycles. The van der Waals surface area contributed by atoms with Gasteiger partial charge in [-0.25, -0.2) is 4.98 Å². The number of aromatic amines is 1. The number of hydrogen-bond donors (Lipinski definition) is 2. The molecule has 0 amide bonds. The second-order valence-electron chi connectivity index (χ2n) is 5.01. The predicted molar refractivity (Wildman–Crippen MR) is 84.6 cm³/mol. The molecule has 0 aliphatic carbocycles. The summed E-state index contributed by atoms with van der Waals surface area (Å²) in [5, 5.41) is 4.93. The minimum absolute atomic E-state index is 0.193. The molecular weight excluding hydrogens is 282 g/mol. The van der Waals surface area contributed by atoms with E-state index < -0.39 is 0 Å². The molecule has 0 unspecified atom stereocenters. The second-order valence-corrected chi connectivity index (χ2v) is 5.01. The smallest absolute Gasteiger partial charge is 0.259 e. The van der Waals surface area contributed by atoms with Crippen LogP contribution in [0.5, 0.6) is 0 Å². The number of para-hydroxylation sites is 1. The largest absolute Gasteiger partial charge is 0.384 e. The number of ether oxygens (including phenoxy) is 1. The van der Waals surface area contributed by atoms with Crippen molar-refractivity contribution in [1.82, 2.24) is 19.7 Å². The third-order valence-electron chi connectivity index (χ3n) is 3.56. The van der Waals surface area contributed by atoms with Crippen LogP contribution >= 0.6 is 0 Å². The van der Waals surface area contributed by atoms with Gasteiger partial charge in [0.15, 0.2) is 0 Å². The van der Waals surface area contributed by atoms with E-state index in [1.54, 1.807) is 37.0 Å². The van der Waals surface area contributed by atoms with Crippen LogP contribution in [0.4, 0.5) is 5.82 Å². The maximum absolute atomic E-state index is 12.2. The highest BCUT2D eigenvalue weighted by Gasteiger charge is 2.18. The van der Waals surface area contributed by atoms with Gasteiger partial charge in [-0.15, -0.1) is 0 Å². The van der Waals surface area contributed by atoms with Crippen LogP contribution in [0.1, 0.15) is 5.69 Å². The minimum atomic E-state index is -0.193. The first-order valence-corrected chi connectivity index (χ1v) is 6.91. The number of aromatic nitrogens is 4. The monoisotopic (exact) mass is 299 g/mol. The number of anilines is 1. The van der Waals surface area contributed by atoms with Crippen LogP contribution in [0.25, 0.3) is 22.3 Å². The van der Waals surface area contributed by atoms with Gasteiger partial charge in [0.1, 0.15) is 11.6 Å². The molecule has 3 aromatic rings. The molecule has 0 atom stereocenters. The van der Waals surface area contributed by atoms with Crippen LogP contribution < -0.4 is 11.3 Å². The standard InChI is InChI=1S/C15H17N5O2/c1-20-13(16)12(11(19-20)7-8-22-2)14-17-10-6-4-3-5-9(10)15(21)18-14/h3-6H,7-8,16H2,1-2H3,(H,17,18,21). The maximum Gasteiger partial charge on any atom is 0.259 e. The highest BCUT2D eigenvalue weighted by atomic mass is 16.5. The van der Waals surface area contributed by atoms with Crippen molar-refractivity contribution in [3.8, 4) is 11.4 Å². The van der Waals surface area contributed by atoms with Gasteiger partial charge in [-0.1, -0.05) is 12.1 Å². The fourth-order valence-corrected chi connectivity index (χ4v) is 2.43. The number of rotatable bonds is 4. The number of nitrogens with one attached hydrogen (secondary N) is 1. The average molecular weight is 299 g/mol. The van der Waals surface area contributed by atoms with E-state index >= 15 is 0 Å². The lowest BCUT2D eigenvalue weighted by molar-refractivity contribution is 0.201. The van der Waals surface area contributed by atoms with Gasteiger partial charge in [0.05, 0.1) is 28.8 Å². The quantitative estimate of drug-likeness (QED) is 0.751. The lowest BCUT2D eigenvalue weighted by Gasteiger charge is -2.05. The molecule has 7 nitrogen and oxygen atoms in total. The van der Waals surface area contributed by atoms with Crippen molar-refractivity contribution >= 4 is 16.7 Å². The summed E-state index contributed by atoms with van der Waals surface area (Å²) < 4.78 is 6.68. The Morgan fingerprint density at radius 3 is 2.91 bits per heavy atom. The molecule has 3 N–H and O–H groups in total. The van der Waals surface area contributed by atoms with E-state index in [9.17, 15) is 4.79 Å². The molecule has 3 rings (SSSR count). The summed E-state index contributed by atoms with van der Waals surface area (Å²) >= 11 is 0. The summed E-state index contributed by atoms with van der Waals surface area (Å²) in [5.41, 5.74) is 7.94. The van der Waals surface area contributed by atoms with Crippen molar-refractivity contribution in [1.29, 1.82) is 0 Å². The Bertz CT molecular complexity index is 881. The van der Waals surface area contributed by atoms with E-state index in [1.807, 2.05) is 6.07 Å². The molecule has 0 bridgehead atoms. The van der Waals surface area contributed by atoms with Crippen LogP contribution in [-0.4, -0.2) is 33.5 Å². The average Bonchev–Trinajstić information content (AvgIpc) is 2.80. The molecule has 0 aliphatic rings. The number of methoxy groups -OCH3 is 1. The van der Waals surface area contributed by atoms with E-state index in [2.05, 4.69) is 15.1 Å². The second kappa shape index (κ2) is 5.61. The minimum Gasteiger partial charge on any atom is -0.384 e. The summed E-state index contributed by atoms with van der Waals surface area (Å²) in [7, 11) is 3.39. The van der Waals surface area contributed by atoms with Crippen molar-refractivity contribution in [2.75, 3.05) is 19.5 Å². The molecule has 0 spiro atoms. The van der Waals surface area contributed by atoms with E-state index in [0.29, 0.717) is 41.1 Å². The predicted octanol–water partition coefficient (Wildman–Crippen LogP) is 1.09. The number of hydrogen-bond acceptors (Lipinski definition) is 5. The number of nitrogen functional groups attached to an aromatic ring is 1. The summed E-state index contributed by atoms with van der Waals surface area (Å²) in [6.07, 6.45) is 0.591. The van der Waals surface area contributed by atoms with Crippen molar-refractivity contribution in [2.45, 2.75) is 6.42 Å². The molecule has 2 heterocycles. The summed E-state index contributed by atoms with van der Waals surface area (Å²) in [4.78, 5) is 19.5. The Labute approximate surface area is 126 Å². The normalized spacial score (nSPS) is 11.2. The topological polar surface area (TPSA) is 98.8 Å². The van der Waals surface area contributed by atoms with Gasteiger partial charge in [-0.2, -0.15) is 5.10 Å². The summed E-state index contributed by atoms with van der Waals surface area (Å²) in [6, 6.07) is 7.19. The molecule has 0 saturated heterocycles. The van der Waals surface area contributed by atoms with E-state index in [1.165, 1.54) is 0 Å². The van der Waals surface area contributed by atoms with Crippen LogP contribution in [0.2, 0.25) is 0 Å². The Hall–Kier alpha value is -2.67. The third-order valence-corrected chi connectivity index (χ3v) is 3.56. The number of nitrogens with two attached hydrogens (primary N) is 1. The first-order chi connectivity index (χ1) is 10.6. The first kappa shape index (κ1) is 14.3. The lowest BCUT2D eigenvalue weighted by Crippen LogP contribution is -2.10. The molecule has 2 aromatic heterocycles. The number of benzene rings is 1. The highest BCUT2D eigenvalue weighted by molar-refractivity contribution is 5.81. The fraction of sp³-hybridized carbons (Fsp3) is 0.267. The SMILES string of the molecule is COCCc1nn(C)c(N)c1-c1nc2ccccc2c(=O)[nH]1. The van der Waals surface area contributed by atoms with Crippen LogP contribution in [0, 0.1) is 0 Å². The zero-order chi connectivity index (χ0) is 15.7. The first-order valence-electron chi connectivity index (χ1n) is 6.91. The van der Waals surface area contributed by atoms with Crippen LogP contribution in [0.3, 0.4) is 0 Å². The molecule has 0 saturated carbocycles. The highest BCUT2D eigenvalue weighted by Crippen LogP contribution is 2.27. The van der Waals surface area contributed by atoms with Crippen LogP contribution in [-0.2, 0) is 18.2 Å². The van der Waals surface area contributed by atoms with Gasteiger partial charge in [0, 0.05) is 20.6 Å². The van der Waals surface area contributed by atoms with Gasteiger partial charge in [0.25, 0.3) is 5.56 Å². The Morgan fingerprint density at radius 1 is 1.36 bits per heavy atom. The zero-order valence-corrected chi connectivity index (χ0v) is 12.5. The summed E-state index contributed by atoms with van der Waals surface area (Å²) in [5.74, 6) is 0.893. The van der Waals surface area contributed by atoms with E-state index in [0.717, 1.165) is 5.69 Å². The van der Waals surface area contributed by atoms with Gasteiger partial charge >= 0.3 is 0 Å². The number of aryl methyl sites for hydroxylation is 1. The number of nitrogens with zero attached hydrogens (tertiary/aromatic N) is 3. The Kier molecular flexibility index (Phi) is 3.64. The molecule has 22 heavy (non-hydrogen) atoms. The van der Waals surface area contributed by atoms with E-state index in [4.69, 9.17) is 10.5 Å². The zero-order valence-electron chi connectivity index (χ0n) is 12.5. The fourth-order valence-electron chi connectivity index (χ4n) is 2.43. The van der Waals surface area contributed by atoms with Crippen molar-refractivity contribution < 1.29 is 4.74 Å². The number of fused-ring (bicyclic) bond motifs is 1. The van der Waals surface area contributed by atoms with Crippen LogP contribution in [0.15, 0.2) is 29.1 Å². The van der Waals surface area contributed by atoms with Gasteiger partial charge in [0.2, 0.25) is 0 Å². The molecule has 0 radical (unpaired) electrons. The molecule has 7 heteroatoms. The van der Waals surface area contributed by atoms with Crippen molar-refractivity contribution in [2.24, 2.45) is 7.05 Å². The maximum atomic E-state index is 12.2. The molecule has 114 valence electrons. The van der Waals surface area contributed by atoms with Gasteiger partial charge in [-0.3, -0.25) is 9.48 Å². The van der Waals surface area contributed by atoms with Crippen molar-refractivity contribution in [3.63, 3.8) is 0 Å².